The van der Waals surface area contributed by atoms with E-state index in [4.69, 9.17) is 14.2 Å². The van der Waals surface area contributed by atoms with Crippen molar-refractivity contribution in [1.29, 1.82) is 0 Å². The smallest absolute Gasteiger partial charge is 0.165 e. The van der Waals surface area contributed by atoms with Crippen LogP contribution in [-0.4, -0.2) is 48.6 Å². The number of H-pyrrole nitrogens is 1. The van der Waals surface area contributed by atoms with Crippen molar-refractivity contribution in [3.05, 3.63) is 53.0 Å². The average Bonchev–Trinajstić information content (AvgIpc) is 3.50. The highest BCUT2D eigenvalue weighted by Gasteiger charge is 2.22. The molecule has 2 aromatic heterocycles. The normalized spacial score (nSPS) is 16.4. The van der Waals surface area contributed by atoms with Gasteiger partial charge in [-0.25, -0.2) is 0 Å². The lowest BCUT2D eigenvalue weighted by atomic mass is 10.1. The molecule has 0 bridgehead atoms. The van der Waals surface area contributed by atoms with E-state index in [1.54, 1.807) is 25.6 Å². The second-order valence-electron chi connectivity index (χ2n) is 7.20. The molecule has 6 nitrogen and oxygen atoms in total. The van der Waals surface area contributed by atoms with Crippen LogP contribution in [0.25, 0.3) is 10.6 Å². The van der Waals surface area contributed by atoms with E-state index in [1.807, 2.05) is 18.3 Å². The minimum absolute atomic E-state index is 0.267. The molecule has 7 heteroatoms. The predicted octanol–water partition coefficient (Wildman–Crippen LogP) is 4.34. The highest BCUT2D eigenvalue weighted by atomic mass is 32.1. The van der Waals surface area contributed by atoms with Gasteiger partial charge in [0.2, 0.25) is 0 Å². The molecule has 0 spiro atoms. The largest absolute Gasteiger partial charge is 0.493 e. The van der Waals surface area contributed by atoms with Gasteiger partial charge in [-0.3, -0.25) is 10.00 Å². The summed E-state index contributed by atoms with van der Waals surface area (Å²) in [5.41, 5.74) is 3.38. The number of hydrogen-bond acceptors (Lipinski definition) is 6. The van der Waals surface area contributed by atoms with Crippen LogP contribution in [0.1, 0.15) is 24.0 Å². The zero-order valence-electron chi connectivity index (χ0n) is 16.9. The highest BCUT2D eigenvalue weighted by molar-refractivity contribution is 7.13. The summed E-state index contributed by atoms with van der Waals surface area (Å²) in [7, 11) is 3.36. The second-order valence-corrected chi connectivity index (χ2v) is 8.15. The molecule has 29 heavy (non-hydrogen) atoms. The lowest BCUT2D eigenvalue weighted by Gasteiger charge is -2.26. The third-order valence-electron chi connectivity index (χ3n) is 5.24. The van der Waals surface area contributed by atoms with Gasteiger partial charge in [0.25, 0.3) is 0 Å². The van der Waals surface area contributed by atoms with Crippen LogP contribution in [0, 0.1) is 0 Å². The van der Waals surface area contributed by atoms with Crippen LogP contribution < -0.4 is 9.47 Å². The summed E-state index contributed by atoms with van der Waals surface area (Å²) in [4.78, 5) is 3.61. The standard InChI is InChI=1S/C22H27N3O3S/c1-26-19-8-3-6-16(22(19)27-2)13-25(15-18-7-4-10-28-18)14-17-12-23-24-21(17)20-9-5-11-29-20/h3,5-6,8-9,11-12,18H,4,7,10,13-15H2,1-2H3,(H,23,24). The van der Waals surface area contributed by atoms with Gasteiger partial charge in [-0.15, -0.1) is 11.3 Å². The quantitative estimate of drug-likeness (QED) is 0.566. The first-order valence-corrected chi connectivity index (χ1v) is 10.8. The van der Waals surface area contributed by atoms with Gasteiger partial charge in [-0.2, -0.15) is 5.10 Å². The maximum Gasteiger partial charge on any atom is 0.165 e. The van der Waals surface area contributed by atoms with Crippen LogP contribution in [0.15, 0.2) is 41.9 Å². The molecule has 1 fully saturated rings. The van der Waals surface area contributed by atoms with E-state index < -0.39 is 0 Å². The minimum Gasteiger partial charge on any atom is -0.493 e. The van der Waals surface area contributed by atoms with E-state index in [0.717, 1.165) is 61.8 Å². The number of thiophene rings is 1. The van der Waals surface area contributed by atoms with Crippen LogP contribution in [-0.2, 0) is 17.8 Å². The van der Waals surface area contributed by atoms with Crippen molar-refractivity contribution >= 4 is 11.3 Å². The van der Waals surface area contributed by atoms with Crippen molar-refractivity contribution in [2.24, 2.45) is 0 Å². The van der Waals surface area contributed by atoms with Crippen LogP contribution in [0.5, 0.6) is 11.5 Å². The molecule has 1 aliphatic heterocycles. The molecular formula is C22H27N3O3S. The predicted molar refractivity (Wildman–Crippen MR) is 115 cm³/mol. The fourth-order valence-corrected chi connectivity index (χ4v) is 4.64. The third-order valence-corrected chi connectivity index (χ3v) is 6.13. The average molecular weight is 414 g/mol. The van der Waals surface area contributed by atoms with Crippen LogP contribution in [0.3, 0.4) is 0 Å². The van der Waals surface area contributed by atoms with E-state index in [2.05, 4.69) is 38.7 Å². The molecule has 1 aromatic carbocycles. The van der Waals surface area contributed by atoms with Crippen LogP contribution in [0.4, 0.5) is 0 Å². The number of aromatic nitrogens is 2. The van der Waals surface area contributed by atoms with E-state index in [0.29, 0.717) is 0 Å². The number of ether oxygens (including phenoxy) is 3. The Morgan fingerprint density at radius 2 is 2.07 bits per heavy atom. The number of aromatic amines is 1. The first-order valence-electron chi connectivity index (χ1n) is 9.88. The molecule has 0 aliphatic carbocycles. The summed E-state index contributed by atoms with van der Waals surface area (Å²) in [6, 6.07) is 10.2. The van der Waals surface area contributed by atoms with E-state index in [-0.39, 0.29) is 6.10 Å². The highest BCUT2D eigenvalue weighted by Crippen LogP contribution is 2.33. The molecule has 1 N–H and O–H groups in total. The van der Waals surface area contributed by atoms with E-state index in [1.165, 1.54) is 10.4 Å². The van der Waals surface area contributed by atoms with Crippen molar-refractivity contribution < 1.29 is 14.2 Å². The van der Waals surface area contributed by atoms with Gasteiger partial charge >= 0.3 is 0 Å². The van der Waals surface area contributed by atoms with Gasteiger partial charge in [0.05, 0.1) is 37.1 Å². The number of nitrogens with one attached hydrogen (secondary N) is 1. The first kappa shape index (κ1) is 19.9. The fraction of sp³-hybridized carbons (Fsp3) is 0.409. The Morgan fingerprint density at radius 3 is 2.79 bits per heavy atom. The van der Waals surface area contributed by atoms with Gasteiger partial charge in [0.15, 0.2) is 11.5 Å². The minimum atomic E-state index is 0.267. The molecule has 0 amide bonds. The molecule has 1 atom stereocenters. The van der Waals surface area contributed by atoms with Gasteiger partial charge in [-0.05, 0) is 30.4 Å². The molecule has 1 unspecified atom stereocenters. The molecule has 3 heterocycles. The Labute approximate surface area is 175 Å². The number of methoxy groups -OCH3 is 2. The zero-order valence-corrected chi connectivity index (χ0v) is 17.7. The Kier molecular flexibility index (Phi) is 6.49. The lowest BCUT2D eigenvalue weighted by Crippen LogP contribution is -2.31. The fourth-order valence-electron chi connectivity index (χ4n) is 3.89. The monoisotopic (exact) mass is 413 g/mol. The number of rotatable bonds is 9. The van der Waals surface area contributed by atoms with Crippen molar-refractivity contribution in [2.75, 3.05) is 27.4 Å². The molecule has 4 rings (SSSR count). The maximum atomic E-state index is 5.93. The maximum absolute atomic E-state index is 5.93. The van der Waals surface area contributed by atoms with Crippen molar-refractivity contribution in [3.8, 4) is 22.1 Å². The van der Waals surface area contributed by atoms with Gasteiger partial charge in [-0.1, -0.05) is 18.2 Å². The number of para-hydroxylation sites is 1. The number of nitrogens with zero attached hydrogens (tertiary/aromatic N) is 2. The summed E-state index contributed by atoms with van der Waals surface area (Å²) >= 11 is 1.72. The van der Waals surface area contributed by atoms with Crippen molar-refractivity contribution in [3.63, 3.8) is 0 Å². The summed E-state index contributed by atoms with van der Waals surface area (Å²) in [6.07, 6.45) is 4.44. The molecule has 154 valence electrons. The van der Waals surface area contributed by atoms with Gasteiger partial charge in [0, 0.05) is 37.4 Å². The zero-order chi connectivity index (χ0) is 20.1. The van der Waals surface area contributed by atoms with Crippen LogP contribution in [0.2, 0.25) is 0 Å². The van der Waals surface area contributed by atoms with Crippen molar-refractivity contribution in [1.82, 2.24) is 15.1 Å². The van der Waals surface area contributed by atoms with Crippen LogP contribution >= 0.6 is 11.3 Å². The van der Waals surface area contributed by atoms with Gasteiger partial charge in [0.1, 0.15) is 0 Å². The molecule has 1 saturated heterocycles. The summed E-state index contributed by atoms with van der Waals surface area (Å²) < 4.78 is 17.1. The van der Waals surface area contributed by atoms with Crippen molar-refractivity contribution in [2.45, 2.75) is 32.0 Å². The molecule has 3 aromatic rings. The molecule has 0 saturated carbocycles. The molecule has 1 aliphatic rings. The third kappa shape index (κ3) is 4.63. The Bertz CT molecular complexity index is 904. The molecular weight excluding hydrogens is 386 g/mol. The van der Waals surface area contributed by atoms with Gasteiger partial charge < -0.3 is 14.2 Å². The SMILES string of the molecule is COc1cccc(CN(Cc2cn[nH]c2-c2cccs2)CC2CCCO2)c1OC. The Balaban J connectivity index is 1.59. The second kappa shape index (κ2) is 9.43. The number of benzene rings is 1. The van der Waals surface area contributed by atoms with E-state index in [9.17, 15) is 0 Å². The summed E-state index contributed by atoms with van der Waals surface area (Å²) in [5, 5.41) is 9.57. The Morgan fingerprint density at radius 1 is 1.17 bits per heavy atom. The topological polar surface area (TPSA) is 59.6 Å². The summed E-state index contributed by atoms with van der Waals surface area (Å²) in [5.74, 6) is 1.54. The Hall–Kier alpha value is -2.35. The van der Waals surface area contributed by atoms with E-state index >= 15 is 0 Å². The lowest BCUT2D eigenvalue weighted by molar-refractivity contribution is 0.0676. The molecule has 0 radical (unpaired) electrons. The first-order chi connectivity index (χ1) is 14.3. The number of hydrogen-bond donors (Lipinski definition) is 1. The summed E-state index contributed by atoms with van der Waals surface area (Å²) in [6.45, 7) is 3.25.